The molecule has 0 aliphatic rings. The van der Waals surface area contributed by atoms with E-state index in [4.69, 9.17) is 0 Å². The minimum absolute atomic E-state index is 0.0875. The first-order valence-electron chi connectivity index (χ1n) is 8.16. The van der Waals surface area contributed by atoms with Gasteiger partial charge >= 0.3 is 0 Å². The predicted molar refractivity (Wildman–Crippen MR) is 96.8 cm³/mol. The average molecular weight is 368 g/mol. The van der Waals surface area contributed by atoms with E-state index in [2.05, 4.69) is 10.3 Å². The minimum atomic E-state index is -0.904. The summed E-state index contributed by atoms with van der Waals surface area (Å²) >= 11 is 0. The summed E-state index contributed by atoms with van der Waals surface area (Å²) in [4.78, 5) is 27.8. The highest BCUT2D eigenvalue weighted by Crippen LogP contribution is 2.27. The molecule has 8 heteroatoms. The fourth-order valence-electron chi connectivity index (χ4n) is 2.94. The predicted octanol–water partition coefficient (Wildman–Crippen LogP) is 3.30. The van der Waals surface area contributed by atoms with E-state index in [1.54, 1.807) is 55.1 Å². The highest BCUT2D eigenvalue weighted by molar-refractivity contribution is 5.99. The Morgan fingerprint density at radius 3 is 2.63 bits per heavy atom. The Balaban J connectivity index is 2.05. The molecule has 3 aromatic rings. The molecular weight excluding hydrogens is 351 g/mol. The molecule has 3 rings (SSSR count). The molecule has 1 N–H and O–H groups in total. The van der Waals surface area contributed by atoms with Gasteiger partial charge in [0.2, 0.25) is 0 Å². The fourth-order valence-corrected chi connectivity index (χ4v) is 2.94. The maximum Gasteiger partial charge on any atom is 0.285 e. The quantitative estimate of drug-likeness (QED) is 0.553. The molecule has 0 bridgehead atoms. The van der Waals surface area contributed by atoms with Crippen molar-refractivity contribution in [3.63, 3.8) is 0 Å². The van der Waals surface area contributed by atoms with Crippen LogP contribution in [0.2, 0.25) is 0 Å². The van der Waals surface area contributed by atoms with Crippen LogP contribution in [-0.2, 0) is 7.05 Å². The SMILES string of the molecule is Cc1cccc(C(=O)NC(c2ccccc2F)c2nccn2C)c1[N+](=O)[O-]. The van der Waals surface area contributed by atoms with Gasteiger partial charge in [-0.2, -0.15) is 0 Å². The number of nitrogens with one attached hydrogen (secondary N) is 1. The van der Waals surface area contributed by atoms with E-state index in [1.807, 2.05) is 0 Å². The Hall–Kier alpha value is -3.55. The summed E-state index contributed by atoms with van der Waals surface area (Å²) in [6, 6.07) is 9.61. The van der Waals surface area contributed by atoms with Crippen LogP contribution < -0.4 is 5.32 Å². The van der Waals surface area contributed by atoms with Crippen LogP contribution in [0.25, 0.3) is 0 Å². The standard InChI is InChI=1S/C19H17FN4O3/c1-12-6-5-8-14(17(12)24(26)27)19(25)22-16(18-21-10-11-23(18)2)13-7-3-4-9-15(13)20/h3-11,16H,1-2H3,(H,22,25). The van der Waals surface area contributed by atoms with Crippen molar-refractivity contribution in [2.45, 2.75) is 13.0 Å². The molecule has 27 heavy (non-hydrogen) atoms. The molecule has 0 radical (unpaired) electrons. The smallest absolute Gasteiger partial charge is 0.285 e. The lowest BCUT2D eigenvalue weighted by Crippen LogP contribution is -2.32. The number of para-hydroxylation sites is 1. The third-order valence-electron chi connectivity index (χ3n) is 4.27. The number of halogens is 1. The maximum absolute atomic E-state index is 14.4. The number of hydrogen-bond donors (Lipinski definition) is 1. The van der Waals surface area contributed by atoms with Crippen LogP contribution in [0.1, 0.15) is 33.4 Å². The van der Waals surface area contributed by atoms with Gasteiger partial charge in [0.05, 0.1) is 4.92 Å². The molecule has 1 unspecified atom stereocenters. The molecule has 0 saturated carbocycles. The normalized spacial score (nSPS) is 11.8. The maximum atomic E-state index is 14.4. The number of aromatic nitrogens is 2. The number of rotatable bonds is 5. The number of carbonyl (C=O) groups excluding carboxylic acids is 1. The molecule has 138 valence electrons. The van der Waals surface area contributed by atoms with Gasteiger partial charge in [0.1, 0.15) is 23.2 Å². The first-order valence-corrected chi connectivity index (χ1v) is 8.16. The molecular formula is C19H17FN4O3. The van der Waals surface area contributed by atoms with Gasteiger partial charge in [0.25, 0.3) is 11.6 Å². The Kier molecular flexibility index (Phi) is 4.98. The number of hydrogen-bond acceptors (Lipinski definition) is 4. The van der Waals surface area contributed by atoms with Gasteiger partial charge in [0.15, 0.2) is 0 Å². The van der Waals surface area contributed by atoms with E-state index in [9.17, 15) is 19.3 Å². The fraction of sp³-hybridized carbons (Fsp3) is 0.158. The number of nitro groups is 1. The van der Waals surface area contributed by atoms with E-state index in [0.29, 0.717) is 11.4 Å². The average Bonchev–Trinajstić information content (AvgIpc) is 3.05. The second-order valence-corrected chi connectivity index (χ2v) is 6.05. The zero-order valence-corrected chi connectivity index (χ0v) is 14.7. The van der Waals surface area contributed by atoms with Crippen LogP contribution in [0.3, 0.4) is 0 Å². The summed E-state index contributed by atoms with van der Waals surface area (Å²) in [7, 11) is 1.72. The minimum Gasteiger partial charge on any atom is -0.338 e. The van der Waals surface area contributed by atoms with Gasteiger partial charge < -0.3 is 9.88 Å². The Morgan fingerprint density at radius 1 is 1.26 bits per heavy atom. The molecule has 7 nitrogen and oxygen atoms in total. The van der Waals surface area contributed by atoms with Crippen molar-refractivity contribution in [2.75, 3.05) is 0 Å². The van der Waals surface area contributed by atoms with E-state index in [-0.39, 0.29) is 16.8 Å². The van der Waals surface area contributed by atoms with Crippen molar-refractivity contribution in [1.82, 2.24) is 14.9 Å². The molecule has 1 atom stereocenters. The number of imidazole rings is 1. The van der Waals surface area contributed by atoms with Gasteiger partial charge in [0, 0.05) is 30.6 Å². The van der Waals surface area contributed by atoms with Gasteiger partial charge in [-0.1, -0.05) is 30.3 Å². The summed E-state index contributed by atoms with van der Waals surface area (Å²) in [5.41, 5.74) is 0.222. The lowest BCUT2D eigenvalue weighted by atomic mass is 10.0. The lowest BCUT2D eigenvalue weighted by Gasteiger charge is -2.20. The van der Waals surface area contributed by atoms with E-state index in [1.165, 1.54) is 18.3 Å². The van der Waals surface area contributed by atoms with Crippen LogP contribution in [0.15, 0.2) is 54.9 Å². The van der Waals surface area contributed by atoms with Crippen LogP contribution in [0, 0.1) is 22.9 Å². The summed E-state index contributed by atoms with van der Waals surface area (Å²) in [5, 5.41) is 14.1. The second-order valence-electron chi connectivity index (χ2n) is 6.05. The van der Waals surface area contributed by atoms with Gasteiger partial charge in [-0.3, -0.25) is 14.9 Å². The van der Waals surface area contributed by atoms with Gasteiger partial charge in [-0.15, -0.1) is 0 Å². The van der Waals surface area contributed by atoms with Gasteiger partial charge in [-0.25, -0.2) is 9.37 Å². The number of aryl methyl sites for hydroxylation is 2. The van der Waals surface area contributed by atoms with Crippen molar-refractivity contribution in [2.24, 2.45) is 7.05 Å². The molecule has 0 saturated heterocycles. The molecule has 0 aliphatic carbocycles. The zero-order chi connectivity index (χ0) is 19.6. The Bertz CT molecular complexity index is 1020. The lowest BCUT2D eigenvalue weighted by molar-refractivity contribution is -0.385. The molecule has 0 fully saturated rings. The van der Waals surface area contributed by atoms with Crippen molar-refractivity contribution in [3.8, 4) is 0 Å². The molecule has 2 aromatic carbocycles. The molecule has 1 amide bonds. The molecule has 1 aromatic heterocycles. The highest BCUT2D eigenvalue weighted by Gasteiger charge is 2.28. The van der Waals surface area contributed by atoms with Crippen molar-refractivity contribution in [3.05, 3.63) is 93.3 Å². The molecule has 1 heterocycles. The third kappa shape index (κ3) is 3.55. The monoisotopic (exact) mass is 368 g/mol. The zero-order valence-electron chi connectivity index (χ0n) is 14.7. The Labute approximate surface area is 154 Å². The number of nitrogens with zero attached hydrogens (tertiary/aromatic N) is 3. The Morgan fingerprint density at radius 2 is 2.00 bits per heavy atom. The summed E-state index contributed by atoms with van der Waals surface area (Å²) in [6.07, 6.45) is 3.20. The molecule has 0 spiro atoms. The van der Waals surface area contributed by atoms with Crippen LogP contribution in [0.4, 0.5) is 10.1 Å². The number of amides is 1. The second kappa shape index (κ2) is 7.36. The number of carbonyl (C=O) groups is 1. The van der Waals surface area contributed by atoms with E-state index >= 15 is 0 Å². The van der Waals surface area contributed by atoms with E-state index in [0.717, 1.165) is 0 Å². The number of benzene rings is 2. The topological polar surface area (TPSA) is 90.1 Å². The summed E-state index contributed by atoms with van der Waals surface area (Å²) < 4.78 is 16.0. The first-order chi connectivity index (χ1) is 12.9. The number of nitro benzene ring substituents is 1. The summed E-state index contributed by atoms with van der Waals surface area (Å²) in [6.45, 7) is 1.56. The van der Waals surface area contributed by atoms with Crippen LogP contribution in [-0.4, -0.2) is 20.4 Å². The van der Waals surface area contributed by atoms with Crippen molar-refractivity contribution in [1.29, 1.82) is 0 Å². The van der Waals surface area contributed by atoms with Gasteiger partial charge in [-0.05, 0) is 19.1 Å². The largest absolute Gasteiger partial charge is 0.338 e. The van der Waals surface area contributed by atoms with Crippen molar-refractivity contribution >= 4 is 11.6 Å². The first kappa shape index (κ1) is 18.2. The highest BCUT2D eigenvalue weighted by atomic mass is 19.1. The van der Waals surface area contributed by atoms with E-state index < -0.39 is 22.7 Å². The third-order valence-corrected chi connectivity index (χ3v) is 4.27. The van der Waals surface area contributed by atoms with Crippen molar-refractivity contribution < 1.29 is 14.1 Å². The summed E-state index contributed by atoms with van der Waals surface area (Å²) in [5.74, 6) is -0.782. The van der Waals surface area contributed by atoms with Crippen LogP contribution >= 0.6 is 0 Å². The molecule has 0 aliphatic heterocycles. The van der Waals surface area contributed by atoms with Crippen LogP contribution in [0.5, 0.6) is 0 Å².